The fourth-order valence-electron chi connectivity index (χ4n) is 2.48. The van der Waals surface area contributed by atoms with Crippen molar-refractivity contribution in [3.63, 3.8) is 0 Å². The van der Waals surface area contributed by atoms with E-state index in [4.69, 9.17) is 11.6 Å². The molecular weight excluding hydrogens is 293 g/mol. The maximum absolute atomic E-state index is 13.5. The lowest BCUT2D eigenvalue weighted by Crippen LogP contribution is -2.35. The first kappa shape index (κ1) is 13.9. The van der Waals surface area contributed by atoms with Gasteiger partial charge >= 0.3 is 0 Å². The molecule has 1 aliphatic rings. The van der Waals surface area contributed by atoms with Crippen LogP contribution >= 0.6 is 11.6 Å². The number of halogens is 2. The van der Waals surface area contributed by atoms with E-state index in [1.54, 1.807) is 12.1 Å². The summed E-state index contributed by atoms with van der Waals surface area (Å²) in [5, 5.41) is 0.335. The summed E-state index contributed by atoms with van der Waals surface area (Å²) < 4.78 is 13.5. The molecule has 21 heavy (non-hydrogen) atoms. The molecule has 0 fully saturated rings. The topological polar surface area (TPSA) is 46.1 Å². The Hall–Kier alpha value is -2.01. The number of rotatable bonds is 2. The summed E-state index contributed by atoms with van der Waals surface area (Å²) in [7, 11) is 0. The van der Waals surface area contributed by atoms with E-state index < -0.39 is 0 Å². The molecule has 1 aromatic carbocycles. The zero-order valence-corrected chi connectivity index (χ0v) is 12.2. The third-order valence-corrected chi connectivity index (χ3v) is 3.61. The van der Waals surface area contributed by atoms with Gasteiger partial charge in [0.15, 0.2) is 0 Å². The fourth-order valence-corrected chi connectivity index (χ4v) is 2.74. The minimum Gasteiger partial charge on any atom is -0.304 e. The average molecular weight is 306 g/mol. The zero-order chi connectivity index (χ0) is 15.0. The van der Waals surface area contributed by atoms with Gasteiger partial charge in [0.25, 0.3) is 0 Å². The SMILES string of the molecule is Cc1cc(Cl)nc(CN2C(=O)CCc3ccc(F)cc32)n1. The molecule has 1 amide bonds. The molecule has 0 bridgehead atoms. The Morgan fingerprint density at radius 1 is 1.29 bits per heavy atom. The first-order chi connectivity index (χ1) is 10.0. The van der Waals surface area contributed by atoms with E-state index in [0.29, 0.717) is 29.5 Å². The smallest absolute Gasteiger partial charge is 0.227 e. The van der Waals surface area contributed by atoms with Crippen LogP contribution in [0.3, 0.4) is 0 Å². The van der Waals surface area contributed by atoms with Crippen molar-refractivity contribution in [2.24, 2.45) is 0 Å². The van der Waals surface area contributed by atoms with Gasteiger partial charge in [-0.15, -0.1) is 0 Å². The Balaban J connectivity index is 1.98. The van der Waals surface area contributed by atoms with Crippen LogP contribution in [0.2, 0.25) is 5.15 Å². The van der Waals surface area contributed by atoms with E-state index >= 15 is 0 Å². The number of nitrogens with zero attached hydrogens (tertiary/aromatic N) is 3. The van der Waals surface area contributed by atoms with Crippen LogP contribution in [0, 0.1) is 12.7 Å². The molecule has 0 radical (unpaired) electrons. The van der Waals surface area contributed by atoms with Gasteiger partial charge in [-0.25, -0.2) is 14.4 Å². The quantitative estimate of drug-likeness (QED) is 0.801. The van der Waals surface area contributed by atoms with Crippen LogP contribution in [0.15, 0.2) is 24.3 Å². The van der Waals surface area contributed by atoms with Crippen molar-refractivity contribution < 1.29 is 9.18 Å². The standard InChI is InChI=1S/C15H13ClFN3O/c1-9-6-13(16)19-14(18-9)8-20-12-7-11(17)4-2-10(12)3-5-15(20)21/h2,4,6-7H,3,5,8H2,1H3. The minimum absolute atomic E-state index is 0.0608. The number of hydrogen-bond donors (Lipinski definition) is 0. The predicted octanol–water partition coefficient (Wildman–Crippen LogP) is 3.06. The van der Waals surface area contributed by atoms with E-state index in [1.807, 2.05) is 6.92 Å². The summed E-state index contributed by atoms with van der Waals surface area (Å²) in [6.45, 7) is 2.00. The van der Waals surface area contributed by atoms with Crippen LogP contribution < -0.4 is 4.90 Å². The van der Waals surface area contributed by atoms with E-state index in [9.17, 15) is 9.18 Å². The molecule has 108 valence electrons. The van der Waals surface area contributed by atoms with Crippen molar-refractivity contribution in [1.29, 1.82) is 0 Å². The summed E-state index contributed by atoms with van der Waals surface area (Å²) in [4.78, 5) is 22.1. The van der Waals surface area contributed by atoms with E-state index in [0.717, 1.165) is 11.3 Å². The number of fused-ring (bicyclic) bond motifs is 1. The number of anilines is 1. The highest BCUT2D eigenvalue weighted by Crippen LogP contribution is 2.29. The fraction of sp³-hybridized carbons (Fsp3) is 0.267. The number of amides is 1. The molecule has 0 unspecified atom stereocenters. The van der Waals surface area contributed by atoms with Gasteiger partial charge in [0, 0.05) is 12.1 Å². The average Bonchev–Trinajstić information content (AvgIpc) is 2.41. The molecule has 0 atom stereocenters. The largest absolute Gasteiger partial charge is 0.304 e. The van der Waals surface area contributed by atoms with Crippen LogP contribution in [0.5, 0.6) is 0 Å². The van der Waals surface area contributed by atoms with Crippen molar-refractivity contribution in [3.05, 3.63) is 52.3 Å². The zero-order valence-electron chi connectivity index (χ0n) is 11.4. The van der Waals surface area contributed by atoms with Gasteiger partial charge in [0.2, 0.25) is 5.91 Å². The summed E-state index contributed by atoms with van der Waals surface area (Å²) >= 11 is 5.92. The molecule has 4 nitrogen and oxygen atoms in total. The molecule has 1 aliphatic heterocycles. The van der Waals surface area contributed by atoms with Crippen LogP contribution in [-0.2, 0) is 17.8 Å². The molecule has 6 heteroatoms. The number of aryl methyl sites for hydroxylation is 2. The highest BCUT2D eigenvalue weighted by atomic mass is 35.5. The van der Waals surface area contributed by atoms with Gasteiger partial charge in [0.05, 0.1) is 12.2 Å². The van der Waals surface area contributed by atoms with E-state index in [-0.39, 0.29) is 18.3 Å². The second-order valence-corrected chi connectivity index (χ2v) is 5.39. The van der Waals surface area contributed by atoms with Crippen molar-refractivity contribution in [2.75, 3.05) is 4.90 Å². The highest BCUT2D eigenvalue weighted by Gasteiger charge is 2.25. The van der Waals surface area contributed by atoms with Crippen molar-refractivity contribution >= 4 is 23.2 Å². The Kier molecular flexibility index (Phi) is 3.59. The van der Waals surface area contributed by atoms with Gasteiger partial charge in [-0.1, -0.05) is 17.7 Å². The van der Waals surface area contributed by atoms with Crippen molar-refractivity contribution in [2.45, 2.75) is 26.3 Å². The molecular formula is C15H13ClFN3O. The summed E-state index contributed by atoms with van der Waals surface area (Å²) in [5.74, 6) is 0.0245. The summed E-state index contributed by atoms with van der Waals surface area (Å²) in [5.41, 5.74) is 2.27. The van der Waals surface area contributed by atoms with Crippen LogP contribution in [0.25, 0.3) is 0 Å². The van der Waals surface area contributed by atoms with Crippen LogP contribution in [-0.4, -0.2) is 15.9 Å². The van der Waals surface area contributed by atoms with E-state index in [1.165, 1.54) is 17.0 Å². The molecule has 2 aromatic rings. The third kappa shape index (κ3) is 2.88. The monoisotopic (exact) mass is 305 g/mol. The third-order valence-electron chi connectivity index (χ3n) is 3.42. The number of carbonyl (C=O) groups excluding carboxylic acids is 1. The Morgan fingerprint density at radius 3 is 2.86 bits per heavy atom. The molecule has 0 aliphatic carbocycles. The molecule has 0 spiro atoms. The van der Waals surface area contributed by atoms with Gasteiger partial charge in [0.1, 0.15) is 16.8 Å². The van der Waals surface area contributed by atoms with Gasteiger partial charge < -0.3 is 4.90 Å². The van der Waals surface area contributed by atoms with Crippen LogP contribution in [0.4, 0.5) is 10.1 Å². The van der Waals surface area contributed by atoms with Gasteiger partial charge in [-0.05, 0) is 37.1 Å². The lowest BCUT2D eigenvalue weighted by molar-refractivity contribution is -0.119. The lowest BCUT2D eigenvalue weighted by Gasteiger charge is -2.29. The summed E-state index contributed by atoms with van der Waals surface area (Å²) in [6.07, 6.45) is 1.03. The number of benzene rings is 1. The van der Waals surface area contributed by atoms with Crippen molar-refractivity contribution in [1.82, 2.24) is 9.97 Å². The number of aromatic nitrogens is 2. The maximum atomic E-state index is 13.5. The second kappa shape index (κ2) is 5.41. The minimum atomic E-state index is -0.364. The molecule has 0 saturated carbocycles. The van der Waals surface area contributed by atoms with E-state index in [2.05, 4.69) is 9.97 Å². The predicted molar refractivity (Wildman–Crippen MR) is 77.7 cm³/mol. The number of carbonyl (C=O) groups is 1. The Bertz CT molecular complexity index is 700. The highest BCUT2D eigenvalue weighted by molar-refractivity contribution is 6.29. The van der Waals surface area contributed by atoms with Crippen LogP contribution in [0.1, 0.15) is 23.5 Å². The normalized spacial score (nSPS) is 14.2. The molecule has 3 rings (SSSR count). The first-order valence-corrected chi connectivity index (χ1v) is 6.99. The van der Waals surface area contributed by atoms with Gasteiger partial charge in [-0.2, -0.15) is 0 Å². The Labute approximate surface area is 126 Å². The summed E-state index contributed by atoms with van der Waals surface area (Å²) in [6, 6.07) is 6.15. The van der Waals surface area contributed by atoms with Gasteiger partial charge in [-0.3, -0.25) is 4.79 Å². The molecule has 2 heterocycles. The molecule has 1 aromatic heterocycles. The lowest BCUT2D eigenvalue weighted by atomic mass is 10.0. The molecule has 0 saturated heterocycles. The Morgan fingerprint density at radius 2 is 2.10 bits per heavy atom. The number of hydrogen-bond acceptors (Lipinski definition) is 3. The first-order valence-electron chi connectivity index (χ1n) is 6.62. The van der Waals surface area contributed by atoms with Crippen molar-refractivity contribution in [3.8, 4) is 0 Å². The maximum Gasteiger partial charge on any atom is 0.227 e. The molecule has 0 N–H and O–H groups in total. The second-order valence-electron chi connectivity index (χ2n) is 5.00.